The van der Waals surface area contributed by atoms with E-state index >= 15 is 0 Å². The lowest BCUT2D eigenvalue weighted by Crippen LogP contribution is -2.32. The van der Waals surface area contributed by atoms with E-state index in [-0.39, 0.29) is 11.3 Å². The number of nitrogens with zero attached hydrogens (tertiary/aromatic N) is 2. The van der Waals surface area contributed by atoms with E-state index in [1.807, 2.05) is 30.3 Å². The number of pyridine rings is 1. The minimum Gasteiger partial charge on any atom is -0.478 e. The number of rotatable bonds is 8. The second kappa shape index (κ2) is 10.1. The molecule has 0 amide bonds. The molecule has 0 aliphatic rings. The molecule has 0 saturated heterocycles. The van der Waals surface area contributed by atoms with E-state index in [9.17, 15) is 23.9 Å². The van der Waals surface area contributed by atoms with Gasteiger partial charge in [0.15, 0.2) is 17.7 Å². The van der Waals surface area contributed by atoms with Crippen molar-refractivity contribution in [2.45, 2.75) is 26.5 Å². The fourth-order valence-electron chi connectivity index (χ4n) is 3.06. The normalized spacial score (nSPS) is 11.7. The number of halogens is 2. The van der Waals surface area contributed by atoms with Gasteiger partial charge in [0.2, 0.25) is 0 Å². The van der Waals surface area contributed by atoms with Gasteiger partial charge in [-0.25, -0.2) is 13.6 Å². The summed E-state index contributed by atoms with van der Waals surface area (Å²) in [5, 5.41) is 18.7. The Labute approximate surface area is 189 Å². The summed E-state index contributed by atoms with van der Waals surface area (Å²) in [6.45, 7) is 3.48. The SMILES string of the molecule is CC(C)C(Oc1nc(Oc2cc(C#N)cc(-c3cccc(CN)c3)c2)c(F)cc1F)C(=O)O. The van der Waals surface area contributed by atoms with Crippen LogP contribution in [0.15, 0.2) is 48.5 Å². The molecule has 170 valence electrons. The first-order chi connectivity index (χ1) is 15.7. The van der Waals surface area contributed by atoms with E-state index in [0.717, 1.165) is 11.1 Å². The van der Waals surface area contributed by atoms with Crippen molar-refractivity contribution >= 4 is 5.97 Å². The van der Waals surface area contributed by atoms with Crippen molar-refractivity contribution in [3.63, 3.8) is 0 Å². The molecule has 7 nitrogen and oxygen atoms in total. The van der Waals surface area contributed by atoms with E-state index in [4.69, 9.17) is 15.2 Å². The standard InChI is InChI=1S/C24H21F2N3O4/c1-13(2)21(24(30)31)33-23-20(26)10-19(25)22(29-23)32-18-8-15(12-28)7-17(9-18)16-5-3-4-14(6-16)11-27/h3-10,13,21H,11,27H2,1-2H3,(H,30,31). The Morgan fingerprint density at radius 1 is 1.12 bits per heavy atom. The van der Waals surface area contributed by atoms with Crippen LogP contribution in [0.25, 0.3) is 11.1 Å². The van der Waals surface area contributed by atoms with E-state index < -0.39 is 41.4 Å². The maximum absolute atomic E-state index is 14.4. The van der Waals surface area contributed by atoms with Crippen LogP contribution in [-0.4, -0.2) is 22.2 Å². The summed E-state index contributed by atoms with van der Waals surface area (Å²) in [4.78, 5) is 15.1. The topological polar surface area (TPSA) is 118 Å². The zero-order valence-electron chi connectivity index (χ0n) is 17.9. The fraction of sp³-hybridized carbons (Fsp3) is 0.208. The van der Waals surface area contributed by atoms with E-state index in [1.54, 1.807) is 26.0 Å². The molecule has 1 atom stereocenters. The molecule has 3 aromatic rings. The predicted molar refractivity (Wildman–Crippen MR) is 116 cm³/mol. The number of ether oxygens (including phenoxy) is 2. The number of carboxylic acids is 1. The van der Waals surface area contributed by atoms with Crippen molar-refractivity contribution in [3.8, 4) is 34.7 Å². The van der Waals surface area contributed by atoms with E-state index in [0.29, 0.717) is 18.2 Å². The third-order valence-electron chi connectivity index (χ3n) is 4.70. The van der Waals surface area contributed by atoms with Crippen LogP contribution in [-0.2, 0) is 11.3 Å². The molecule has 2 aromatic carbocycles. The zero-order chi connectivity index (χ0) is 24.1. The van der Waals surface area contributed by atoms with Crippen LogP contribution in [0.5, 0.6) is 17.5 Å². The lowest BCUT2D eigenvalue weighted by atomic mass is 10.0. The molecule has 1 heterocycles. The highest BCUT2D eigenvalue weighted by Crippen LogP contribution is 2.32. The average molecular weight is 453 g/mol. The number of nitrogens with two attached hydrogens (primary N) is 1. The number of aliphatic carboxylic acids is 1. The molecule has 0 aliphatic heterocycles. The first-order valence-electron chi connectivity index (χ1n) is 9.99. The summed E-state index contributed by atoms with van der Waals surface area (Å²) in [6.07, 6.45) is -1.39. The summed E-state index contributed by atoms with van der Waals surface area (Å²) >= 11 is 0. The van der Waals surface area contributed by atoms with Gasteiger partial charge in [0.05, 0.1) is 11.6 Å². The largest absolute Gasteiger partial charge is 0.478 e. The Morgan fingerprint density at radius 3 is 2.48 bits per heavy atom. The molecule has 0 bridgehead atoms. The zero-order valence-corrected chi connectivity index (χ0v) is 17.9. The number of hydrogen-bond acceptors (Lipinski definition) is 6. The van der Waals surface area contributed by atoms with Gasteiger partial charge >= 0.3 is 5.97 Å². The van der Waals surface area contributed by atoms with Gasteiger partial charge in [-0.1, -0.05) is 32.0 Å². The first kappa shape index (κ1) is 23.6. The molecule has 3 N–H and O–H groups in total. The smallest absolute Gasteiger partial charge is 0.345 e. The molecule has 3 rings (SSSR count). The van der Waals surface area contributed by atoms with Crippen LogP contribution in [0.1, 0.15) is 25.0 Å². The minimum atomic E-state index is -1.39. The highest BCUT2D eigenvalue weighted by molar-refractivity contribution is 5.73. The van der Waals surface area contributed by atoms with Crippen molar-refractivity contribution < 1.29 is 28.2 Å². The predicted octanol–water partition coefficient (Wildman–Crippen LogP) is 4.64. The summed E-state index contributed by atoms with van der Waals surface area (Å²) < 4.78 is 39.3. The van der Waals surface area contributed by atoms with Gasteiger partial charge in [-0.15, -0.1) is 0 Å². The van der Waals surface area contributed by atoms with Crippen LogP contribution in [0.3, 0.4) is 0 Å². The maximum Gasteiger partial charge on any atom is 0.345 e. The van der Waals surface area contributed by atoms with Crippen molar-refractivity contribution in [1.82, 2.24) is 4.98 Å². The number of benzene rings is 2. The Balaban J connectivity index is 1.99. The van der Waals surface area contributed by atoms with Crippen LogP contribution >= 0.6 is 0 Å². The molecular weight excluding hydrogens is 432 g/mol. The van der Waals surface area contributed by atoms with Crippen LogP contribution in [0.2, 0.25) is 0 Å². The number of carbonyl (C=O) groups is 1. The summed E-state index contributed by atoms with van der Waals surface area (Å²) in [6, 6.07) is 14.4. The molecule has 33 heavy (non-hydrogen) atoms. The van der Waals surface area contributed by atoms with Gasteiger partial charge in [-0.2, -0.15) is 10.2 Å². The number of hydrogen-bond donors (Lipinski definition) is 2. The molecule has 9 heteroatoms. The van der Waals surface area contributed by atoms with Crippen molar-refractivity contribution in [3.05, 3.63) is 71.3 Å². The van der Waals surface area contributed by atoms with Gasteiger partial charge in [-0.05, 0) is 41.0 Å². The Kier molecular flexibility index (Phi) is 7.20. The van der Waals surface area contributed by atoms with Gasteiger partial charge in [-0.3, -0.25) is 0 Å². The monoisotopic (exact) mass is 453 g/mol. The summed E-state index contributed by atoms with van der Waals surface area (Å²) in [5.41, 5.74) is 8.19. The fourth-order valence-corrected chi connectivity index (χ4v) is 3.06. The van der Waals surface area contributed by atoms with Crippen molar-refractivity contribution in [2.24, 2.45) is 11.7 Å². The van der Waals surface area contributed by atoms with Crippen LogP contribution in [0.4, 0.5) is 8.78 Å². The second-order valence-electron chi connectivity index (χ2n) is 7.55. The number of nitriles is 1. The number of carboxylic acid groups (broad SMARTS) is 1. The second-order valence-corrected chi connectivity index (χ2v) is 7.55. The summed E-state index contributed by atoms with van der Waals surface area (Å²) in [7, 11) is 0. The lowest BCUT2D eigenvalue weighted by molar-refractivity contribution is -0.147. The molecule has 0 fully saturated rings. The summed E-state index contributed by atoms with van der Waals surface area (Å²) in [5.74, 6) is -5.37. The number of aromatic nitrogens is 1. The van der Waals surface area contributed by atoms with E-state index in [1.165, 1.54) is 6.07 Å². The van der Waals surface area contributed by atoms with Gasteiger partial charge in [0.25, 0.3) is 11.8 Å². The average Bonchev–Trinajstić information content (AvgIpc) is 2.79. The van der Waals surface area contributed by atoms with Crippen molar-refractivity contribution in [2.75, 3.05) is 0 Å². The third kappa shape index (κ3) is 5.61. The van der Waals surface area contributed by atoms with Crippen LogP contribution < -0.4 is 15.2 Å². The highest BCUT2D eigenvalue weighted by atomic mass is 19.1. The van der Waals surface area contributed by atoms with Crippen LogP contribution in [0, 0.1) is 28.9 Å². The Morgan fingerprint density at radius 2 is 1.85 bits per heavy atom. The molecule has 0 spiro atoms. The van der Waals surface area contributed by atoms with Gasteiger partial charge in [0, 0.05) is 18.5 Å². The van der Waals surface area contributed by atoms with E-state index in [2.05, 4.69) is 4.98 Å². The van der Waals surface area contributed by atoms with Gasteiger partial charge < -0.3 is 20.3 Å². The maximum atomic E-state index is 14.4. The highest BCUT2D eigenvalue weighted by Gasteiger charge is 2.27. The molecule has 1 unspecified atom stereocenters. The lowest BCUT2D eigenvalue weighted by Gasteiger charge is -2.18. The molecule has 0 radical (unpaired) electrons. The third-order valence-corrected chi connectivity index (χ3v) is 4.70. The molecular formula is C24H21F2N3O4. The minimum absolute atomic E-state index is 0.0739. The molecule has 0 saturated carbocycles. The van der Waals surface area contributed by atoms with Crippen molar-refractivity contribution in [1.29, 1.82) is 5.26 Å². The Bertz CT molecular complexity index is 1220. The quantitative estimate of drug-likeness (QED) is 0.510. The molecule has 0 aliphatic carbocycles. The Hall–Kier alpha value is -4.03. The molecule has 1 aromatic heterocycles. The van der Waals surface area contributed by atoms with Gasteiger partial charge in [0.1, 0.15) is 5.75 Å². The first-order valence-corrected chi connectivity index (χ1v) is 9.99.